The van der Waals surface area contributed by atoms with E-state index in [0.717, 1.165) is 22.6 Å². The van der Waals surface area contributed by atoms with Crippen LogP contribution in [0.4, 0.5) is 5.13 Å². The average molecular weight is 333 g/mol. The normalized spacial score (nSPS) is 10.0. The highest BCUT2D eigenvalue weighted by Crippen LogP contribution is 2.23. The SMILES string of the molecule is COc1cccc(Cc2cnc(NC(=O)CSCC#N)s2)c1. The van der Waals surface area contributed by atoms with E-state index in [2.05, 4.69) is 10.3 Å². The minimum absolute atomic E-state index is 0.137. The molecule has 1 N–H and O–H groups in total. The predicted octanol–water partition coefficient (Wildman–Crippen LogP) is 2.94. The van der Waals surface area contributed by atoms with Gasteiger partial charge in [0.25, 0.3) is 0 Å². The lowest BCUT2D eigenvalue weighted by atomic mass is 10.1. The molecule has 0 aliphatic rings. The van der Waals surface area contributed by atoms with E-state index in [4.69, 9.17) is 10.00 Å². The molecule has 0 aliphatic heterocycles. The summed E-state index contributed by atoms with van der Waals surface area (Å²) in [5, 5.41) is 11.8. The van der Waals surface area contributed by atoms with E-state index in [9.17, 15) is 4.79 Å². The Hall–Kier alpha value is -2.04. The summed E-state index contributed by atoms with van der Waals surface area (Å²) in [6.07, 6.45) is 2.51. The molecular weight excluding hydrogens is 318 g/mol. The Kier molecular flexibility index (Phi) is 6.25. The summed E-state index contributed by atoms with van der Waals surface area (Å²) in [7, 11) is 1.64. The van der Waals surface area contributed by atoms with Gasteiger partial charge < -0.3 is 10.1 Å². The third-order valence-electron chi connectivity index (χ3n) is 2.71. The summed E-state index contributed by atoms with van der Waals surface area (Å²) >= 11 is 2.73. The van der Waals surface area contributed by atoms with Gasteiger partial charge in [-0.05, 0) is 17.7 Å². The molecule has 1 amide bonds. The summed E-state index contributed by atoms with van der Waals surface area (Å²) in [6, 6.07) is 9.85. The van der Waals surface area contributed by atoms with Crippen LogP contribution in [0.25, 0.3) is 0 Å². The number of rotatable bonds is 7. The maximum Gasteiger partial charge on any atom is 0.236 e. The molecule has 0 atom stereocenters. The van der Waals surface area contributed by atoms with Crippen LogP contribution in [0.2, 0.25) is 0 Å². The first-order valence-corrected chi connectivity index (χ1v) is 8.50. The van der Waals surface area contributed by atoms with Crippen LogP contribution < -0.4 is 10.1 Å². The van der Waals surface area contributed by atoms with E-state index in [1.165, 1.54) is 23.1 Å². The van der Waals surface area contributed by atoms with Crippen molar-refractivity contribution in [2.45, 2.75) is 6.42 Å². The highest BCUT2D eigenvalue weighted by Gasteiger charge is 2.07. The molecule has 1 aromatic heterocycles. The third kappa shape index (κ3) is 5.06. The zero-order valence-corrected chi connectivity index (χ0v) is 13.7. The van der Waals surface area contributed by atoms with E-state index in [1.807, 2.05) is 30.3 Å². The molecule has 22 heavy (non-hydrogen) atoms. The van der Waals surface area contributed by atoms with Crippen LogP contribution in [0.3, 0.4) is 0 Å². The highest BCUT2D eigenvalue weighted by atomic mass is 32.2. The summed E-state index contributed by atoms with van der Waals surface area (Å²) in [5.74, 6) is 1.26. The Labute approximate surface area is 137 Å². The standard InChI is InChI=1S/C15H15N3O2S2/c1-20-12-4-2-3-11(7-12)8-13-9-17-15(22-13)18-14(19)10-21-6-5-16/h2-4,7,9H,6,8,10H2,1H3,(H,17,18,19). The maximum atomic E-state index is 11.6. The molecule has 0 radical (unpaired) electrons. The number of methoxy groups -OCH3 is 1. The minimum Gasteiger partial charge on any atom is -0.497 e. The molecule has 2 rings (SSSR count). The topological polar surface area (TPSA) is 75.0 Å². The molecule has 0 unspecified atom stereocenters. The van der Waals surface area contributed by atoms with Crippen LogP contribution in [-0.2, 0) is 11.2 Å². The quantitative estimate of drug-likeness (QED) is 0.789. The summed E-state index contributed by atoms with van der Waals surface area (Å²) < 4.78 is 5.20. The van der Waals surface area contributed by atoms with Gasteiger partial charge in [-0.1, -0.05) is 12.1 Å². The number of carbonyl (C=O) groups excluding carboxylic acids is 1. The first kappa shape index (κ1) is 16.3. The van der Waals surface area contributed by atoms with Gasteiger partial charge in [0.1, 0.15) is 5.75 Å². The zero-order valence-electron chi connectivity index (χ0n) is 12.0. The molecule has 0 saturated heterocycles. The number of anilines is 1. The van der Waals surface area contributed by atoms with E-state index < -0.39 is 0 Å². The zero-order chi connectivity index (χ0) is 15.8. The second-order valence-corrected chi connectivity index (χ2v) is 6.46. The molecule has 0 spiro atoms. The fraction of sp³-hybridized carbons (Fsp3) is 0.267. The van der Waals surface area contributed by atoms with Crippen molar-refractivity contribution in [3.8, 4) is 11.8 Å². The molecule has 0 aliphatic carbocycles. The fourth-order valence-electron chi connectivity index (χ4n) is 1.78. The van der Waals surface area contributed by atoms with E-state index >= 15 is 0 Å². The van der Waals surface area contributed by atoms with Crippen LogP contribution in [0.5, 0.6) is 5.75 Å². The van der Waals surface area contributed by atoms with Gasteiger partial charge in [0.15, 0.2) is 5.13 Å². The summed E-state index contributed by atoms with van der Waals surface area (Å²) in [4.78, 5) is 16.9. The molecular formula is C15H15N3O2S2. The molecule has 1 heterocycles. The summed E-state index contributed by atoms with van der Waals surface area (Å²) in [5.41, 5.74) is 1.13. The molecule has 0 bridgehead atoms. The van der Waals surface area contributed by atoms with Crippen molar-refractivity contribution in [2.24, 2.45) is 0 Å². The first-order valence-electron chi connectivity index (χ1n) is 6.53. The number of hydrogen-bond acceptors (Lipinski definition) is 6. The van der Waals surface area contributed by atoms with Crippen molar-refractivity contribution >= 4 is 34.1 Å². The van der Waals surface area contributed by atoms with E-state index in [1.54, 1.807) is 13.3 Å². The lowest BCUT2D eigenvalue weighted by Gasteiger charge is -2.02. The minimum atomic E-state index is -0.137. The predicted molar refractivity (Wildman–Crippen MR) is 89.5 cm³/mol. The third-order valence-corrected chi connectivity index (χ3v) is 4.42. The van der Waals surface area contributed by atoms with Gasteiger partial charge in [0.2, 0.25) is 5.91 Å². The number of nitrogens with one attached hydrogen (secondary N) is 1. The van der Waals surface area contributed by atoms with Crippen LogP contribution in [0, 0.1) is 11.3 Å². The van der Waals surface area contributed by atoms with Gasteiger partial charge in [-0.2, -0.15) is 5.26 Å². The van der Waals surface area contributed by atoms with Crippen molar-refractivity contribution in [2.75, 3.05) is 23.9 Å². The Bertz CT molecular complexity index is 679. The van der Waals surface area contributed by atoms with Crippen molar-refractivity contribution in [1.82, 2.24) is 4.98 Å². The van der Waals surface area contributed by atoms with E-state index in [-0.39, 0.29) is 11.7 Å². The molecule has 114 valence electrons. The second kappa shape index (κ2) is 8.41. The van der Waals surface area contributed by atoms with E-state index in [0.29, 0.717) is 10.9 Å². The van der Waals surface area contributed by atoms with Gasteiger partial charge in [-0.15, -0.1) is 23.1 Å². The Balaban J connectivity index is 1.91. The van der Waals surface area contributed by atoms with Crippen LogP contribution in [0.15, 0.2) is 30.5 Å². The van der Waals surface area contributed by atoms with Crippen LogP contribution >= 0.6 is 23.1 Å². The molecule has 2 aromatic rings. The highest BCUT2D eigenvalue weighted by molar-refractivity contribution is 8.00. The Morgan fingerprint density at radius 3 is 3.18 bits per heavy atom. The number of nitrogens with zero attached hydrogens (tertiary/aromatic N) is 2. The molecule has 0 fully saturated rings. The van der Waals surface area contributed by atoms with Gasteiger partial charge in [0, 0.05) is 17.5 Å². The number of amides is 1. The Morgan fingerprint density at radius 1 is 1.55 bits per heavy atom. The fourth-order valence-corrected chi connectivity index (χ4v) is 3.09. The van der Waals surface area contributed by atoms with Crippen molar-refractivity contribution < 1.29 is 9.53 Å². The number of aromatic nitrogens is 1. The number of ether oxygens (including phenoxy) is 1. The lowest BCUT2D eigenvalue weighted by molar-refractivity contribution is -0.113. The maximum absolute atomic E-state index is 11.6. The van der Waals surface area contributed by atoms with Gasteiger partial charge >= 0.3 is 0 Å². The lowest BCUT2D eigenvalue weighted by Crippen LogP contribution is -2.13. The van der Waals surface area contributed by atoms with Crippen molar-refractivity contribution in [3.63, 3.8) is 0 Å². The number of carbonyl (C=O) groups is 1. The number of benzene rings is 1. The monoisotopic (exact) mass is 333 g/mol. The van der Waals surface area contributed by atoms with Gasteiger partial charge in [-0.3, -0.25) is 4.79 Å². The first-order chi connectivity index (χ1) is 10.7. The molecule has 5 nitrogen and oxygen atoms in total. The van der Waals surface area contributed by atoms with Crippen molar-refractivity contribution in [3.05, 3.63) is 40.9 Å². The number of nitriles is 1. The van der Waals surface area contributed by atoms with Crippen molar-refractivity contribution in [1.29, 1.82) is 5.26 Å². The largest absolute Gasteiger partial charge is 0.497 e. The van der Waals surface area contributed by atoms with Crippen LogP contribution in [0.1, 0.15) is 10.4 Å². The molecule has 7 heteroatoms. The van der Waals surface area contributed by atoms with Gasteiger partial charge in [-0.25, -0.2) is 4.98 Å². The molecule has 0 saturated carbocycles. The smallest absolute Gasteiger partial charge is 0.236 e. The molecule has 1 aromatic carbocycles. The van der Waals surface area contributed by atoms with Crippen LogP contribution in [-0.4, -0.2) is 29.5 Å². The van der Waals surface area contributed by atoms with Gasteiger partial charge in [0.05, 0.1) is 24.7 Å². The number of hydrogen-bond donors (Lipinski definition) is 1. The average Bonchev–Trinajstić information content (AvgIpc) is 2.94. The Morgan fingerprint density at radius 2 is 2.41 bits per heavy atom. The second-order valence-electron chi connectivity index (χ2n) is 4.36. The number of thiazole rings is 1. The summed E-state index contributed by atoms with van der Waals surface area (Å²) in [6.45, 7) is 0. The number of thioether (sulfide) groups is 1.